The van der Waals surface area contributed by atoms with Crippen LogP contribution in [0, 0.1) is 0 Å². The number of hydrogen-bond donors (Lipinski definition) is 2. The fraction of sp³-hybridized carbons (Fsp3) is 0.900. The topological polar surface area (TPSA) is 49.3 Å². The molecule has 1 rings (SSSR count). The Kier molecular flexibility index (Phi) is 13.1. The van der Waals surface area contributed by atoms with Crippen LogP contribution in [0.3, 0.4) is 0 Å². The molecule has 80 valence electrons. The lowest BCUT2D eigenvalue weighted by molar-refractivity contribution is -0.119. The average molecular weight is 189 g/mol. The highest BCUT2D eigenvalue weighted by atomic mass is 16.3. The Morgan fingerprint density at radius 2 is 2.00 bits per heavy atom. The lowest BCUT2D eigenvalue weighted by Crippen LogP contribution is -2.12. The fourth-order valence-electron chi connectivity index (χ4n) is 0.565. The molecule has 13 heavy (non-hydrogen) atoms. The number of aliphatic hydroxyl groups is 1. The minimum absolute atomic E-state index is 0.116. The Balaban J connectivity index is 0. The minimum Gasteiger partial charge on any atom is -0.393 e. The summed E-state index contributed by atoms with van der Waals surface area (Å²) in [6.07, 6.45) is 2.51. The van der Waals surface area contributed by atoms with Gasteiger partial charge in [-0.2, -0.15) is 0 Å². The van der Waals surface area contributed by atoms with E-state index in [-0.39, 0.29) is 12.0 Å². The summed E-state index contributed by atoms with van der Waals surface area (Å²) in [5.74, 6) is 0.204. The maximum absolute atomic E-state index is 10.1. The largest absolute Gasteiger partial charge is 0.393 e. The second-order valence-corrected chi connectivity index (χ2v) is 2.71. The van der Waals surface area contributed by atoms with Gasteiger partial charge in [0.25, 0.3) is 0 Å². The highest BCUT2D eigenvalue weighted by Crippen LogP contribution is 1.93. The normalized spacial score (nSPS) is 15.9. The average Bonchev–Trinajstić information content (AvgIpc) is 2.60. The van der Waals surface area contributed by atoms with E-state index in [4.69, 9.17) is 5.11 Å². The molecule has 3 nitrogen and oxygen atoms in total. The molecule has 0 radical (unpaired) electrons. The smallest absolute Gasteiger partial charge is 0.220 e. The second-order valence-electron chi connectivity index (χ2n) is 2.71. The molecule has 1 aliphatic heterocycles. The summed E-state index contributed by atoms with van der Waals surface area (Å²) >= 11 is 0. The fourth-order valence-corrected chi connectivity index (χ4v) is 0.565. The Bertz CT molecular complexity index is 105. The van der Waals surface area contributed by atoms with E-state index in [2.05, 4.69) is 5.32 Å². The molecular weight excluding hydrogens is 166 g/mol. The van der Waals surface area contributed by atoms with Crippen molar-refractivity contribution in [3.05, 3.63) is 0 Å². The van der Waals surface area contributed by atoms with Crippen LogP contribution >= 0.6 is 0 Å². The van der Waals surface area contributed by atoms with Crippen LogP contribution in [0.4, 0.5) is 0 Å². The molecule has 1 atom stereocenters. The van der Waals surface area contributed by atoms with Crippen LogP contribution in [0.25, 0.3) is 0 Å². The van der Waals surface area contributed by atoms with E-state index in [0.29, 0.717) is 0 Å². The Morgan fingerprint density at radius 3 is 2.08 bits per heavy atom. The van der Waals surface area contributed by atoms with Crippen molar-refractivity contribution in [2.45, 2.75) is 53.1 Å². The van der Waals surface area contributed by atoms with Gasteiger partial charge in [-0.25, -0.2) is 0 Å². The van der Waals surface area contributed by atoms with Gasteiger partial charge in [0.05, 0.1) is 6.10 Å². The summed E-state index contributed by atoms with van der Waals surface area (Å²) in [7, 11) is 0. The molecule has 1 amide bonds. The van der Waals surface area contributed by atoms with Crippen molar-refractivity contribution in [1.82, 2.24) is 5.32 Å². The molecule has 0 bridgehead atoms. The standard InChI is InChI=1S/C4H7NO.C4H10O.C2H6/c6-4-2-1-3-5-4;1-3-4(2)5;1-2/h1-3H2,(H,5,6);4-5H,3H2,1-2H3;1-2H3. The summed E-state index contributed by atoms with van der Waals surface area (Å²) < 4.78 is 0. The van der Waals surface area contributed by atoms with E-state index < -0.39 is 0 Å². The van der Waals surface area contributed by atoms with Gasteiger partial charge in [0.15, 0.2) is 0 Å². The van der Waals surface area contributed by atoms with E-state index in [1.807, 2.05) is 20.8 Å². The van der Waals surface area contributed by atoms with Crippen molar-refractivity contribution < 1.29 is 9.90 Å². The zero-order valence-electron chi connectivity index (χ0n) is 9.26. The van der Waals surface area contributed by atoms with Crippen LogP contribution in [-0.2, 0) is 4.79 Å². The van der Waals surface area contributed by atoms with Gasteiger partial charge < -0.3 is 10.4 Å². The molecule has 0 saturated carbocycles. The first-order chi connectivity index (χ1) is 6.16. The van der Waals surface area contributed by atoms with E-state index >= 15 is 0 Å². The van der Waals surface area contributed by atoms with Crippen molar-refractivity contribution >= 4 is 5.91 Å². The predicted octanol–water partition coefficient (Wildman–Crippen LogP) is 1.70. The van der Waals surface area contributed by atoms with Crippen molar-refractivity contribution in [2.24, 2.45) is 0 Å². The third-order valence-corrected chi connectivity index (χ3v) is 1.49. The van der Waals surface area contributed by atoms with Crippen molar-refractivity contribution in [3.63, 3.8) is 0 Å². The summed E-state index contributed by atoms with van der Waals surface area (Å²) in [5.41, 5.74) is 0. The predicted molar refractivity (Wildman–Crippen MR) is 55.6 cm³/mol. The third kappa shape index (κ3) is 14.3. The van der Waals surface area contributed by atoms with Gasteiger partial charge in [-0.3, -0.25) is 4.79 Å². The van der Waals surface area contributed by atoms with Crippen LogP contribution in [0.15, 0.2) is 0 Å². The van der Waals surface area contributed by atoms with Crippen LogP contribution in [0.2, 0.25) is 0 Å². The molecule has 1 unspecified atom stereocenters. The molecule has 0 aromatic heterocycles. The first-order valence-corrected chi connectivity index (χ1v) is 5.11. The quantitative estimate of drug-likeness (QED) is 0.659. The Morgan fingerprint density at radius 1 is 1.54 bits per heavy atom. The van der Waals surface area contributed by atoms with Gasteiger partial charge in [0.1, 0.15) is 0 Å². The maximum Gasteiger partial charge on any atom is 0.220 e. The zero-order chi connectivity index (χ0) is 10.7. The third-order valence-electron chi connectivity index (χ3n) is 1.49. The summed E-state index contributed by atoms with van der Waals surface area (Å²) in [6, 6.07) is 0. The van der Waals surface area contributed by atoms with Crippen molar-refractivity contribution in [1.29, 1.82) is 0 Å². The molecular formula is C10H23NO2. The second kappa shape index (κ2) is 11.4. The molecule has 0 aliphatic carbocycles. The van der Waals surface area contributed by atoms with Crippen LogP contribution in [0.5, 0.6) is 0 Å². The highest BCUT2D eigenvalue weighted by molar-refractivity contribution is 5.77. The molecule has 0 spiro atoms. The number of nitrogens with one attached hydrogen (secondary N) is 1. The van der Waals surface area contributed by atoms with Gasteiger partial charge in [-0.15, -0.1) is 0 Å². The van der Waals surface area contributed by atoms with Crippen LogP contribution in [0.1, 0.15) is 47.0 Å². The summed E-state index contributed by atoms with van der Waals surface area (Å²) in [5, 5.41) is 11.0. The monoisotopic (exact) mass is 189 g/mol. The van der Waals surface area contributed by atoms with E-state index in [0.717, 1.165) is 25.8 Å². The highest BCUT2D eigenvalue weighted by Gasteiger charge is 2.05. The van der Waals surface area contributed by atoms with Gasteiger partial charge in [0, 0.05) is 13.0 Å². The molecule has 0 aromatic carbocycles. The number of hydrogen-bond acceptors (Lipinski definition) is 2. The van der Waals surface area contributed by atoms with E-state index in [9.17, 15) is 4.79 Å². The van der Waals surface area contributed by atoms with Crippen molar-refractivity contribution in [3.8, 4) is 0 Å². The number of carbonyl (C=O) groups excluding carboxylic acids is 1. The van der Waals surface area contributed by atoms with Gasteiger partial charge >= 0.3 is 0 Å². The van der Waals surface area contributed by atoms with Gasteiger partial charge in [-0.1, -0.05) is 20.8 Å². The van der Waals surface area contributed by atoms with Gasteiger partial charge in [-0.05, 0) is 19.8 Å². The lowest BCUT2D eigenvalue weighted by atomic mass is 10.3. The molecule has 1 aliphatic rings. The molecule has 1 saturated heterocycles. The Labute approximate surface area is 81.5 Å². The number of amides is 1. The number of rotatable bonds is 1. The minimum atomic E-state index is -0.116. The SMILES string of the molecule is CC.CCC(C)O.O=C1CCCN1. The van der Waals surface area contributed by atoms with Crippen molar-refractivity contribution in [2.75, 3.05) is 6.54 Å². The molecule has 3 heteroatoms. The maximum atomic E-state index is 10.1. The molecule has 1 fully saturated rings. The van der Waals surface area contributed by atoms with E-state index in [1.165, 1.54) is 0 Å². The summed E-state index contributed by atoms with van der Waals surface area (Å²) in [6.45, 7) is 8.61. The molecule has 1 heterocycles. The van der Waals surface area contributed by atoms with Gasteiger partial charge in [0.2, 0.25) is 5.91 Å². The summed E-state index contributed by atoms with van der Waals surface area (Å²) in [4.78, 5) is 10.1. The number of carbonyl (C=O) groups is 1. The van der Waals surface area contributed by atoms with E-state index in [1.54, 1.807) is 6.92 Å². The Hall–Kier alpha value is -0.570. The lowest BCUT2D eigenvalue weighted by Gasteiger charge is -1.90. The first kappa shape index (κ1) is 14.9. The number of aliphatic hydroxyl groups excluding tert-OH is 1. The molecule has 2 N–H and O–H groups in total. The van der Waals surface area contributed by atoms with Crippen LogP contribution in [-0.4, -0.2) is 23.7 Å². The van der Waals surface area contributed by atoms with Crippen LogP contribution < -0.4 is 5.32 Å². The zero-order valence-corrected chi connectivity index (χ0v) is 9.26. The molecule has 0 aromatic rings. The first-order valence-electron chi connectivity index (χ1n) is 5.11.